The van der Waals surface area contributed by atoms with E-state index in [4.69, 9.17) is 4.74 Å². The lowest BCUT2D eigenvalue weighted by Gasteiger charge is -2.22. The van der Waals surface area contributed by atoms with Crippen LogP contribution >= 0.6 is 0 Å². The molecule has 2 aromatic carbocycles. The number of para-hydroxylation sites is 2. The van der Waals surface area contributed by atoms with Gasteiger partial charge in [0.2, 0.25) is 15.9 Å². The van der Waals surface area contributed by atoms with Crippen LogP contribution in [0.3, 0.4) is 0 Å². The summed E-state index contributed by atoms with van der Waals surface area (Å²) in [5, 5.41) is 5.91. The molecule has 0 fully saturated rings. The van der Waals surface area contributed by atoms with Crippen LogP contribution in [-0.2, 0) is 14.8 Å². The summed E-state index contributed by atoms with van der Waals surface area (Å²) in [5.74, 6) is 0.327. The quantitative estimate of drug-likeness (QED) is 0.548. The van der Waals surface area contributed by atoms with Gasteiger partial charge in [-0.1, -0.05) is 26.0 Å². The lowest BCUT2D eigenvalue weighted by atomic mass is 10.2. The Hall–Kier alpha value is -2.78. The number of sulfonamides is 1. The van der Waals surface area contributed by atoms with E-state index >= 15 is 0 Å². The SMILES string of the molecule is CCOc1ccccc1NC(=O)CNc1cc(S(=O)(=O)N(CC)CC)ccc1N(C)C. The Labute approximate surface area is 185 Å². The second-order valence-corrected chi connectivity index (χ2v) is 8.93. The number of hydrogen-bond donors (Lipinski definition) is 2. The molecule has 0 saturated carbocycles. The zero-order chi connectivity index (χ0) is 23.0. The number of hydrogen-bond acceptors (Lipinski definition) is 6. The average Bonchev–Trinajstić information content (AvgIpc) is 2.74. The van der Waals surface area contributed by atoms with Crippen LogP contribution in [-0.4, -0.2) is 59.0 Å². The third kappa shape index (κ3) is 6.11. The Morgan fingerprint density at radius 1 is 1.00 bits per heavy atom. The molecular weight excluding hydrogens is 416 g/mol. The van der Waals surface area contributed by atoms with Crippen molar-refractivity contribution in [2.75, 3.05) is 55.9 Å². The minimum atomic E-state index is -3.61. The van der Waals surface area contributed by atoms with Crippen LogP contribution in [0.1, 0.15) is 20.8 Å². The van der Waals surface area contributed by atoms with Gasteiger partial charge in [-0.15, -0.1) is 0 Å². The molecule has 170 valence electrons. The van der Waals surface area contributed by atoms with E-state index in [1.54, 1.807) is 44.2 Å². The fourth-order valence-electron chi connectivity index (χ4n) is 3.14. The number of ether oxygens (including phenoxy) is 1. The van der Waals surface area contributed by atoms with Crippen LogP contribution in [0.25, 0.3) is 0 Å². The summed E-state index contributed by atoms with van der Waals surface area (Å²) in [4.78, 5) is 14.6. The maximum Gasteiger partial charge on any atom is 0.243 e. The molecule has 0 aliphatic rings. The number of anilines is 3. The molecule has 0 bridgehead atoms. The van der Waals surface area contributed by atoms with Gasteiger partial charge in [-0.05, 0) is 37.3 Å². The number of rotatable bonds is 11. The second-order valence-electron chi connectivity index (χ2n) is 6.99. The molecule has 1 amide bonds. The highest BCUT2D eigenvalue weighted by Crippen LogP contribution is 2.29. The van der Waals surface area contributed by atoms with Crippen LogP contribution in [0, 0.1) is 0 Å². The van der Waals surface area contributed by atoms with Gasteiger partial charge in [-0.25, -0.2) is 8.42 Å². The number of carbonyl (C=O) groups is 1. The number of nitrogens with zero attached hydrogens (tertiary/aromatic N) is 2. The lowest BCUT2D eigenvalue weighted by molar-refractivity contribution is -0.114. The Bertz CT molecular complexity index is 989. The van der Waals surface area contributed by atoms with Crippen LogP contribution in [0.15, 0.2) is 47.4 Å². The first-order valence-corrected chi connectivity index (χ1v) is 11.8. The number of benzene rings is 2. The van der Waals surface area contributed by atoms with Crippen molar-refractivity contribution in [2.45, 2.75) is 25.7 Å². The smallest absolute Gasteiger partial charge is 0.243 e. The number of nitrogens with one attached hydrogen (secondary N) is 2. The van der Waals surface area contributed by atoms with Crippen molar-refractivity contribution >= 4 is 33.0 Å². The third-order valence-corrected chi connectivity index (χ3v) is 6.74. The van der Waals surface area contributed by atoms with Gasteiger partial charge in [-0.2, -0.15) is 4.31 Å². The summed E-state index contributed by atoms with van der Waals surface area (Å²) >= 11 is 0. The molecule has 2 aromatic rings. The summed E-state index contributed by atoms with van der Waals surface area (Å²) in [5.41, 5.74) is 1.93. The first-order valence-electron chi connectivity index (χ1n) is 10.3. The number of carbonyl (C=O) groups excluding carboxylic acids is 1. The summed E-state index contributed by atoms with van der Waals surface area (Å²) in [7, 11) is 0.110. The maximum absolute atomic E-state index is 12.9. The molecule has 0 aromatic heterocycles. The van der Waals surface area contributed by atoms with Gasteiger partial charge in [0.05, 0.1) is 35.1 Å². The zero-order valence-corrected chi connectivity index (χ0v) is 19.6. The highest BCUT2D eigenvalue weighted by Gasteiger charge is 2.23. The van der Waals surface area contributed by atoms with Gasteiger partial charge in [-0.3, -0.25) is 4.79 Å². The van der Waals surface area contributed by atoms with E-state index in [9.17, 15) is 13.2 Å². The maximum atomic E-state index is 12.9. The molecule has 0 aliphatic heterocycles. The van der Waals surface area contributed by atoms with Crippen LogP contribution in [0.5, 0.6) is 5.75 Å². The van der Waals surface area contributed by atoms with E-state index in [0.717, 1.165) is 5.69 Å². The molecule has 0 spiro atoms. The number of amides is 1. The lowest BCUT2D eigenvalue weighted by Crippen LogP contribution is -2.30. The molecular formula is C22H32N4O4S. The van der Waals surface area contributed by atoms with Crippen molar-refractivity contribution in [2.24, 2.45) is 0 Å². The van der Waals surface area contributed by atoms with Gasteiger partial charge in [0, 0.05) is 27.2 Å². The molecule has 9 heteroatoms. The molecule has 0 radical (unpaired) electrons. The normalized spacial score (nSPS) is 11.3. The van der Waals surface area contributed by atoms with E-state index in [1.807, 2.05) is 38.1 Å². The Morgan fingerprint density at radius 2 is 1.68 bits per heavy atom. The highest BCUT2D eigenvalue weighted by molar-refractivity contribution is 7.89. The molecule has 0 heterocycles. The molecule has 31 heavy (non-hydrogen) atoms. The zero-order valence-electron chi connectivity index (χ0n) is 18.8. The molecule has 0 saturated heterocycles. The second kappa shape index (κ2) is 11.0. The fraction of sp³-hybridized carbons (Fsp3) is 0.409. The van der Waals surface area contributed by atoms with E-state index in [1.165, 1.54) is 4.31 Å². The van der Waals surface area contributed by atoms with E-state index in [-0.39, 0.29) is 17.3 Å². The van der Waals surface area contributed by atoms with Crippen molar-refractivity contribution in [3.8, 4) is 5.75 Å². The van der Waals surface area contributed by atoms with Gasteiger partial charge >= 0.3 is 0 Å². The summed E-state index contributed by atoms with van der Waals surface area (Å²) in [6, 6.07) is 12.1. The van der Waals surface area contributed by atoms with E-state index in [0.29, 0.717) is 36.8 Å². The van der Waals surface area contributed by atoms with Crippen molar-refractivity contribution in [1.29, 1.82) is 0 Å². The first-order chi connectivity index (χ1) is 14.7. The third-order valence-electron chi connectivity index (χ3n) is 4.69. The first kappa shape index (κ1) is 24.5. The van der Waals surface area contributed by atoms with Gasteiger partial charge in [0.25, 0.3) is 0 Å². The van der Waals surface area contributed by atoms with Crippen LogP contribution in [0.2, 0.25) is 0 Å². The van der Waals surface area contributed by atoms with E-state index in [2.05, 4.69) is 10.6 Å². The summed E-state index contributed by atoms with van der Waals surface area (Å²) < 4.78 is 32.7. The topological polar surface area (TPSA) is 91.0 Å². The average molecular weight is 449 g/mol. The Morgan fingerprint density at radius 3 is 2.29 bits per heavy atom. The van der Waals surface area contributed by atoms with E-state index < -0.39 is 10.0 Å². The molecule has 0 aliphatic carbocycles. The predicted molar refractivity (Wildman–Crippen MR) is 126 cm³/mol. The van der Waals surface area contributed by atoms with Gasteiger partial charge < -0.3 is 20.3 Å². The van der Waals surface area contributed by atoms with Crippen molar-refractivity contribution < 1.29 is 17.9 Å². The van der Waals surface area contributed by atoms with Crippen LogP contribution in [0.4, 0.5) is 17.1 Å². The largest absolute Gasteiger partial charge is 0.492 e. The van der Waals surface area contributed by atoms with Crippen molar-refractivity contribution in [1.82, 2.24) is 4.31 Å². The molecule has 2 rings (SSSR count). The molecule has 0 atom stereocenters. The predicted octanol–water partition coefficient (Wildman–Crippen LogP) is 3.23. The minimum absolute atomic E-state index is 0.0317. The monoisotopic (exact) mass is 448 g/mol. The van der Waals surface area contributed by atoms with Crippen molar-refractivity contribution in [3.05, 3.63) is 42.5 Å². The van der Waals surface area contributed by atoms with Gasteiger partial charge in [0.15, 0.2) is 0 Å². The van der Waals surface area contributed by atoms with Gasteiger partial charge in [0.1, 0.15) is 5.75 Å². The fourth-order valence-corrected chi connectivity index (χ4v) is 4.63. The summed E-state index contributed by atoms with van der Waals surface area (Å²) in [6.07, 6.45) is 0. The highest BCUT2D eigenvalue weighted by atomic mass is 32.2. The molecule has 0 unspecified atom stereocenters. The standard InChI is InChI=1S/C22H32N4O4S/c1-6-26(7-2)31(28,29)17-13-14-20(25(4)5)19(15-17)23-16-22(27)24-18-11-9-10-12-21(18)30-8-3/h9-15,23H,6-8,16H2,1-5H3,(H,24,27). The minimum Gasteiger partial charge on any atom is -0.492 e. The molecule has 2 N–H and O–H groups in total. The Kier molecular flexibility index (Phi) is 8.70. The van der Waals surface area contributed by atoms with Crippen molar-refractivity contribution in [3.63, 3.8) is 0 Å². The molecule has 8 nitrogen and oxygen atoms in total. The Balaban J connectivity index is 2.22. The summed E-state index contributed by atoms with van der Waals surface area (Å²) in [6.45, 7) is 6.72. The van der Waals surface area contributed by atoms with Crippen LogP contribution < -0.4 is 20.3 Å².